The molecule has 0 radical (unpaired) electrons. The fourth-order valence-corrected chi connectivity index (χ4v) is 6.27. The summed E-state index contributed by atoms with van der Waals surface area (Å²) in [5, 5.41) is 8.05. The minimum atomic E-state index is -3.46. The predicted molar refractivity (Wildman–Crippen MR) is 117 cm³/mol. The smallest absolute Gasteiger partial charge is 0.243 e. The second-order valence-electron chi connectivity index (χ2n) is 8.07. The molecule has 7 heteroatoms. The van der Waals surface area contributed by atoms with Crippen molar-refractivity contribution >= 4 is 20.9 Å². The summed E-state index contributed by atoms with van der Waals surface area (Å²) in [6.07, 6.45) is 6.67. The normalized spacial score (nSPS) is 20.2. The number of hydrogen-bond donors (Lipinski definition) is 1. The monoisotopic (exact) mass is 420 g/mol. The van der Waals surface area contributed by atoms with Gasteiger partial charge in [-0.25, -0.2) is 8.42 Å². The molecule has 0 spiro atoms. The summed E-state index contributed by atoms with van der Waals surface area (Å²) in [6, 6.07) is 17.2. The van der Waals surface area contributed by atoms with E-state index >= 15 is 0 Å². The van der Waals surface area contributed by atoms with E-state index in [0.29, 0.717) is 11.4 Å². The fraction of sp³-hybridized carbons (Fsp3) is 0.261. The molecule has 1 aliphatic rings. The molecule has 154 valence electrons. The zero-order valence-electron chi connectivity index (χ0n) is 16.8. The maximum atomic E-state index is 13.1. The van der Waals surface area contributed by atoms with Crippen molar-refractivity contribution in [3.8, 4) is 11.1 Å². The van der Waals surface area contributed by atoms with E-state index in [9.17, 15) is 8.42 Å². The van der Waals surface area contributed by atoms with Crippen LogP contribution in [0.25, 0.3) is 22.0 Å². The highest BCUT2D eigenvalue weighted by Gasteiger charge is 2.37. The minimum Gasteiger partial charge on any atom is -0.347 e. The second kappa shape index (κ2) is 7.41. The number of nitrogens with one attached hydrogen (secondary N) is 1. The quantitative estimate of drug-likeness (QED) is 0.528. The number of fused-ring (bicyclic) bond motifs is 1. The first-order valence-electron chi connectivity index (χ1n) is 10.2. The lowest BCUT2D eigenvalue weighted by molar-refractivity contribution is 0.400. The van der Waals surface area contributed by atoms with Crippen LogP contribution in [0.5, 0.6) is 0 Å². The molecule has 2 atom stereocenters. The minimum absolute atomic E-state index is 0.00488. The van der Waals surface area contributed by atoms with Gasteiger partial charge in [0.1, 0.15) is 0 Å². The van der Waals surface area contributed by atoms with Gasteiger partial charge in [-0.05, 0) is 55.2 Å². The third-order valence-electron chi connectivity index (χ3n) is 6.01. The van der Waals surface area contributed by atoms with Gasteiger partial charge in [0.2, 0.25) is 10.0 Å². The third-order valence-corrected chi connectivity index (χ3v) is 8.01. The molecule has 5 rings (SSSR count). The Morgan fingerprint density at radius 2 is 1.93 bits per heavy atom. The summed E-state index contributed by atoms with van der Waals surface area (Å²) in [6.45, 7) is 3.36. The summed E-state index contributed by atoms with van der Waals surface area (Å²) >= 11 is 0. The molecule has 3 heterocycles. The molecule has 1 saturated heterocycles. The second-order valence-corrected chi connectivity index (χ2v) is 9.96. The number of H-pyrrole nitrogens is 1. The molecule has 0 amide bonds. The van der Waals surface area contributed by atoms with Crippen LogP contribution in [0.1, 0.15) is 13.3 Å². The number of hydrogen-bond acceptors (Lipinski definition) is 3. The number of nitrogens with zero attached hydrogens (tertiary/aromatic N) is 3. The van der Waals surface area contributed by atoms with E-state index in [4.69, 9.17) is 0 Å². The highest BCUT2D eigenvalue weighted by atomic mass is 32.2. The molecule has 0 aliphatic carbocycles. The van der Waals surface area contributed by atoms with Crippen molar-refractivity contribution in [2.24, 2.45) is 5.92 Å². The molecule has 0 saturated carbocycles. The maximum Gasteiger partial charge on any atom is 0.243 e. The standard InChI is InChI=1S/C23H24N4O2S/c1-17-11-18(16-27(17)30(28,29)22-5-3-2-4-6-22)15-26-10-9-20-12-19(7-8-23(20)26)21-13-24-25-14-21/h2-10,12-14,17-18H,11,15-16H2,1H3,(H,24,25)/t17-,18?/m1/s1. The molecular weight excluding hydrogens is 396 g/mol. The Kier molecular flexibility index (Phi) is 4.72. The Morgan fingerprint density at radius 3 is 2.70 bits per heavy atom. The molecule has 1 aliphatic heterocycles. The zero-order chi connectivity index (χ0) is 20.7. The van der Waals surface area contributed by atoms with Gasteiger partial charge in [-0.2, -0.15) is 9.40 Å². The first kappa shape index (κ1) is 19.1. The van der Waals surface area contributed by atoms with Gasteiger partial charge < -0.3 is 4.57 Å². The van der Waals surface area contributed by atoms with Crippen molar-refractivity contribution in [3.63, 3.8) is 0 Å². The molecule has 30 heavy (non-hydrogen) atoms. The summed E-state index contributed by atoms with van der Waals surface area (Å²) < 4.78 is 30.0. The lowest BCUT2D eigenvalue weighted by atomic mass is 10.1. The first-order chi connectivity index (χ1) is 14.5. The summed E-state index contributed by atoms with van der Waals surface area (Å²) in [4.78, 5) is 0.371. The molecule has 2 aromatic heterocycles. The predicted octanol–water partition coefficient (Wildman–Crippen LogP) is 4.13. The third kappa shape index (κ3) is 3.34. The van der Waals surface area contributed by atoms with Gasteiger partial charge in [0, 0.05) is 48.0 Å². The first-order valence-corrected chi connectivity index (χ1v) is 11.6. The molecule has 1 N–H and O–H groups in total. The lowest BCUT2D eigenvalue weighted by Gasteiger charge is -2.21. The van der Waals surface area contributed by atoms with Gasteiger partial charge in [-0.15, -0.1) is 0 Å². The van der Waals surface area contributed by atoms with E-state index in [-0.39, 0.29) is 12.0 Å². The van der Waals surface area contributed by atoms with Crippen LogP contribution < -0.4 is 0 Å². The van der Waals surface area contributed by atoms with Crippen molar-refractivity contribution < 1.29 is 8.42 Å². The van der Waals surface area contributed by atoms with E-state index in [1.165, 1.54) is 10.9 Å². The van der Waals surface area contributed by atoms with Crippen molar-refractivity contribution in [1.29, 1.82) is 0 Å². The van der Waals surface area contributed by atoms with Crippen LogP contribution in [0.2, 0.25) is 0 Å². The van der Waals surface area contributed by atoms with Crippen LogP contribution >= 0.6 is 0 Å². The van der Waals surface area contributed by atoms with Gasteiger partial charge >= 0.3 is 0 Å². The number of aromatic nitrogens is 3. The Bertz CT molecular complexity index is 1260. The van der Waals surface area contributed by atoms with E-state index < -0.39 is 10.0 Å². The van der Waals surface area contributed by atoms with E-state index in [2.05, 4.69) is 45.2 Å². The lowest BCUT2D eigenvalue weighted by Crippen LogP contribution is -2.34. The van der Waals surface area contributed by atoms with Gasteiger partial charge in [-0.3, -0.25) is 5.10 Å². The largest absolute Gasteiger partial charge is 0.347 e. The number of rotatable bonds is 5. The van der Waals surface area contributed by atoms with E-state index in [0.717, 1.165) is 24.1 Å². The average Bonchev–Trinajstić information content (AvgIpc) is 3.49. The van der Waals surface area contributed by atoms with Crippen LogP contribution in [-0.2, 0) is 16.6 Å². The van der Waals surface area contributed by atoms with Gasteiger partial charge in [0.25, 0.3) is 0 Å². The van der Waals surface area contributed by atoms with Crippen LogP contribution in [0.15, 0.2) is 78.1 Å². The molecule has 1 fully saturated rings. The van der Waals surface area contributed by atoms with Crippen LogP contribution in [0.3, 0.4) is 0 Å². The van der Waals surface area contributed by atoms with Gasteiger partial charge in [0.05, 0.1) is 11.1 Å². The number of aromatic amines is 1. The fourth-order valence-electron chi connectivity index (χ4n) is 4.53. The van der Waals surface area contributed by atoms with Crippen LogP contribution in [-0.4, -0.2) is 40.1 Å². The molecule has 4 aromatic rings. The van der Waals surface area contributed by atoms with Crippen molar-refractivity contribution in [2.45, 2.75) is 30.8 Å². The van der Waals surface area contributed by atoms with Crippen molar-refractivity contribution in [2.75, 3.05) is 6.54 Å². The maximum absolute atomic E-state index is 13.1. The highest BCUT2D eigenvalue weighted by molar-refractivity contribution is 7.89. The van der Waals surface area contributed by atoms with Crippen LogP contribution in [0.4, 0.5) is 0 Å². The Labute approximate surface area is 176 Å². The average molecular weight is 421 g/mol. The molecular formula is C23H24N4O2S. The molecule has 1 unspecified atom stereocenters. The number of benzene rings is 2. The highest BCUT2D eigenvalue weighted by Crippen LogP contribution is 2.32. The Balaban J connectivity index is 1.36. The molecule has 2 aromatic carbocycles. The van der Waals surface area contributed by atoms with E-state index in [1.54, 1.807) is 28.6 Å². The summed E-state index contributed by atoms with van der Waals surface area (Å²) in [5.74, 6) is 0.280. The van der Waals surface area contributed by atoms with E-state index in [1.807, 2.05) is 25.4 Å². The summed E-state index contributed by atoms with van der Waals surface area (Å²) in [5.41, 5.74) is 3.36. The Hall–Kier alpha value is -2.90. The van der Waals surface area contributed by atoms with Crippen LogP contribution in [0, 0.1) is 5.92 Å². The summed E-state index contributed by atoms with van der Waals surface area (Å²) in [7, 11) is -3.46. The van der Waals surface area contributed by atoms with Gasteiger partial charge in [0.15, 0.2) is 0 Å². The topological polar surface area (TPSA) is 71.0 Å². The van der Waals surface area contributed by atoms with Crippen molar-refractivity contribution in [3.05, 3.63) is 73.2 Å². The zero-order valence-corrected chi connectivity index (χ0v) is 17.6. The van der Waals surface area contributed by atoms with Gasteiger partial charge in [-0.1, -0.05) is 24.3 Å². The molecule has 6 nitrogen and oxygen atoms in total. The SMILES string of the molecule is C[C@@H]1CC(Cn2ccc3cc(-c4cn[nH]c4)ccc32)CN1S(=O)(=O)c1ccccc1. The van der Waals surface area contributed by atoms with Crippen molar-refractivity contribution in [1.82, 2.24) is 19.1 Å². The Morgan fingerprint density at radius 1 is 1.10 bits per heavy atom. The number of sulfonamides is 1. The molecule has 0 bridgehead atoms.